The lowest BCUT2D eigenvalue weighted by molar-refractivity contribution is 0.192. The molecular formula is C17H15FN2O3. The Morgan fingerprint density at radius 1 is 1.17 bits per heavy atom. The molecule has 1 aromatic carbocycles. The molecule has 0 aliphatic heterocycles. The zero-order valence-corrected chi connectivity index (χ0v) is 12.7. The number of aromatic nitrogens is 2. The highest BCUT2D eigenvalue weighted by Gasteiger charge is 2.13. The van der Waals surface area contributed by atoms with Gasteiger partial charge in [-0.3, -0.25) is 9.36 Å². The van der Waals surface area contributed by atoms with Crippen molar-refractivity contribution < 1.29 is 13.7 Å². The second-order valence-corrected chi connectivity index (χ2v) is 5.07. The van der Waals surface area contributed by atoms with Crippen molar-refractivity contribution in [3.05, 3.63) is 64.4 Å². The van der Waals surface area contributed by atoms with Crippen molar-refractivity contribution in [3.63, 3.8) is 0 Å². The van der Waals surface area contributed by atoms with Crippen molar-refractivity contribution in [1.29, 1.82) is 0 Å². The first kappa shape index (κ1) is 15.0. The summed E-state index contributed by atoms with van der Waals surface area (Å²) in [5.41, 5.74) is 2.97. The zero-order valence-electron chi connectivity index (χ0n) is 12.7. The fraction of sp³-hybridized carbons (Fsp3) is 0.176. The lowest BCUT2D eigenvalue weighted by atomic mass is 10.1. The SMILES string of the molecule is Cc1noc(C)c1-c1ccc(=O)n(-c2ccc(OCF)cc2)c1. The van der Waals surface area contributed by atoms with Gasteiger partial charge in [0.05, 0.1) is 5.69 Å². The highest BCUT2D eigenvalue weighted by Crippen LogP contribution is 2.26. The molecule has 0 fully saturated rings. The summed E-state index contributed by atoms with van der Waals surface area (Å²) in [4.78, 5) is 12.2. The van der Waals surface area contributed by atoms with E-state index in [2.05, 4.69) is 5.16 Å². The number of benzene rings is 1. The molecule has 0 aliphatic rings. The molecule has 23 heavy (non-hydrogen) atoms. The van der Waals surface area contributed by atoms with Gasteiger partial charge in [0.25, 0.3) is 5.56 Å². The Bertz CT molecular complexity index is 862. The van der Waals surface area contributed by atoms with Gasteiger partial charge in [-0.15, -0.1) is 0 Å². The van der Waals surface area contributed by atoms with Gasteiger partial charge in [0.15, 0.2) is 0 Å². The van der Waals surface area contributed by atoms with Crippen molar-refractivity contribution >= 4 is 0 Å². The fourth-order valence-electron chi connectivity index (χ4n) is 2.50. The topological polar surface area (TPSA) is 57.3 Å². The molecule has 0 aliphatic carbocycles. The number of hydrogen-bond donors (Lipinski definition) is 0. The summed E-state index contributed by atoms with van der Waals surface area (Å²) in [5.74, 6) is 1.10. The van der Waals surface area contributed by atoms with E-state index in [0.717, 1.165) is 16.8 Å². The number of nitrogens with zero attached hydrogens (tertiary/aromatic N) is 2. The van der Waals surface area contributed by atoms with E-state index in [4.69, 9.17) is 9.26 Å². The van der Waals surface area contributed by atoms with Gasteiger partial charge >= 0.3 is 0 Å². The van der Waals surface area contributed by atoms with Gasteiger partial charge in [-0.1, -0.05) is 5.16 Å². The van der Waals surface area contributed by atoms with Crippen molar-refractivity contribution in [1.82, 2.24) is 9.72 Å². The van der Waals surface area contributed by atoms with Crippen LogP contribution in [-0.4, -0.2) is 16.6 Å². The van der Waals surface area contributed by atoms with E-state index >= 15 is 0 Å². The number of rotatable bonds is 4. The Balaban J connectivity index is 2.06. The summed E-state index contributed by atoms with van der Waals surface area (Å²) >= 11 is 0. The predicted molar refractivity (Wildman–Crippen MR) is 83.6 cm³/mol. The fourth-order valence-corrected chi connectivity index (χ4v) is 2.50. The standard InChI is InChI=1S/C17H15FN2O3/c1-11-17(12(2)23-19-11)13-3-8-16(21)20(9-13)14-4-6-15(7-5-14)22-10-18/h3-9H,10H2,1-2H3. The van der Waals surface area contributed by atoms with Crippen LogP contribution < -0.4 is 10.3 Å². The number of hydrogen-bond acceptors (Lipinski definition) is 4. The van der Waals surface area contributed by atoms with E-state index in [1.165, 1.54) is 10.6 Å². The van der Waals surface area contributed by atoms with Crippen molar-refractivity contribution in [3.8, 4) is 22.6 Å². The average Bonchev–Trinajstić information content (AvgIpc) is 2.88. The number of aryl methyl sites for hydroxylation is 2. The second-order valence-electron chi connectivity index (χ2n) is 5.07. The van der Waals surface area contributed by atoms with E-state index in [1.807, 2.05) is 13.8 Å². The maximum absolute atomic E-state index is 12.2. The zero-order chi connectivity index (χ0) is 16.4. The summed E-state index contributed by atoms with van der Waals surface area (Å²) in [7, 11) is 0. The van der Waals surface area contributed by atoms with Crippen LogP contribution in [0.25, 0.3) is 16.8 Å². The first-order valence-corrected chi connectivity index (χ1v) is 7.05. The summed E-state index contributed by atoms with van der Waals surface area (Å²) < 4.78 is 23.6. The molecule has 118 valence electrons. The lowest BCUT2D eigenvalue weighted by Crippen LogP contribution is -2.16. The summed E-state index contributed by atoms with van der Waals surface area (Å²) in [6, 6.07) is 9.86. The van der Waals surface area contributed by atoms with Crippen LogP contribution in [0.15, 0.2) is 51.9 Å². The van der Waals surface area contributed by atoms with Crippen molar-refractivity contribution in [2.75, 3.05) is 6.86 Å². The highest BCUT2D eigenvalue weighted by molar-refractivity contribution is 5.67. The monoisotopic (exact) mass is 314 g/mol. The van der Waals surface area contributed by atoms with Gasteiger partial charge in [-0.2, -0.15) is 0 Å². The Kier molecular flexibility index (Phi) is 3.97. The molecule has 3 rings (SSSR count). The van der Waals surface area contributed by atoms with Crippen molar-refractivity contribution in [2.24, 2.45) is 0 Å². The van der Waals surface area contributed by atoms with Gasteiger partial charge in [0.1, 0.15) is 11.5 Å². The molecule has 2 heterocycles. The third kappa shape index (κ3) is 2.88. The van der Waals surface area contributed by atoms with E-state index < -0.39 is 6.86 Å². The van der Waals surface area contributed by atoms with Crippen molar-refractivity contribution in [2.45, 2.75) is 13.8 Å². The summed E-state index contributed by atoms with van der Waals surface area (Å²) in [6.07, 6.45) is 1.74. The number of ether oxygens (including phenoxy) is 1. The Hall–Kier alpha value is -2.89. The molecule has 0 radical (unpaired) electrons. The minimum absolute atomic E-state index is 0.167. The number of halogens is 1. The third-order valence-corrected chi connectivity index (χ3v) is 3.57. The molecule has 6 heteroatoms. The molecule has 0 spiro atoms. The highest BCUT2D eigenvalue weighted by atomic mass is 19.1. The summed E-state index contributed by atoms with van der Waals surface area (Å²) in [6.45, 7) is 2.79. The largest absolute Gasteiger partial charge is 0.463 e. The number of pyridine rings is 1. The molecule has 3 aromatic rings. The molecule has 5 nitrogen and oxygen atoms in total. The molecule has 0 unspecified atom stereocenters. The van der Waals surface area contributed by atoms with Crippen LogP contribution in [0.2, 0.25) is 0 Å². The van der Waals surface area contributed by atoms with Crippen LogP contribution in [0, 0.1) is 13.8 Å². The first-order valence-electron chi connectivity index (χ1n) is 7.05. The Morgan fingerprint density at radius 2 is 1.91 bits per heavy atom. The van der Waals surface area contributed by atoms with Crippen LogP contribution in [0.1, 0.15) is 11.5 Å². The Labute approximate surface area is 131 Å². The van der Waals surface area contributed by atoms with Crippen LogP contribution in [0.4, 0.5) is 4.39 Å². The minimum Gasteiger partial charge on any atom is -0.463 e. The van der Waals surface area contributed by atoms with Crippen LogP contribution in [0.3, 0.4) is 0 Å². The van der Waals surface area contributed by atoms with Gasteiger partial charge in [-0.05, 0) is 44.2 Å². The normalized spacial score (nSPS) is 10.7. The Morgan fingerprint density at radius 3 is 2.52 bits per heavy atom. The van der Waals surface area contributed by atoms with Gasteiger partial charge in [-0.25, -0.2) is 4.39 Å². The van der Waals surface area contributed by atoms with E-state index in [1.54, 1.807) is 36.5 Å². The molecule has 0 saturated heterocycles. The quantitative estimate of drug-likeness (QED) is 0.740. The van der Waals surface area contributed by atoms with Crippen LogP contribution >= 0.6 is 0 Å². The van der Waals surface area contributed by atoms with Crippen LogP contribution in [0.5, 0.6) is 5.75 Å². The molecule has 0 bridgehead atoms. The number of alkyl halides is 1. The maximum atomic E-state index is 12.2. The smallest absolute Gasteiger partial charge is 0.255 e. The molecule has 0 N–H and O–H groups in total. The van der Waals surface area contributed by atoms with Gasteiger partial charge in [0, 0.05) is 29.1 Å². The molecule has 2 aromatic heterocycles. The molecule has 0 atom stereocenters. The maximum Gasteiger partial charge on any atom is 0.255 e. The van der Waals surface area contributed by atoms with E-state index in [0.29, 0.717) is 17.2 Å². The first-order chi connectivity index (χ1) is 11.1. The van der Waals surface area contributed by atoms with Gasteiger partial charge < -0.3 is 9.26 Å². The minimum atomic E-state index is -0.888. The van der Waals surface area contributed by atoms with E-state index in [-0.39, 0.29) is 5.56 Å². The summed E-state index contributed by atoms with van der Waals surface area (Å²) in [5, 5.41) is 3.94. The lowest BCUT2D eigenvalue weighted by Gasteiger charge is -2.09. The van der Waals surface area contributed by atoms with E-state index in [9.17, 15) is 9.18 Å². The second kappa shape index (κ2) is 6.08. The average molecular weight is 314 g/mol. The van der Waals surface area contributed by atoms with Gasteiger partial charge in [0.2, 0.25) is 6.86 Å². The molecular weight excluding hydrogens is 299 g/mol. The predicted octanol–water partition coefficient (Wildman–Crippen LogP) is 3.42. The molecule has 0 saturated carbocycles. The van der Waals surface area contributed by atoms with Crippen LogP contribution in [-0.2, 0) is 0 Å². The third-order valence-electron chi connectivity index (χ3n) is 3.57. The molecule has 0 amide bonds.